The van der Waals surface area contributed by atoms with Crippen LogP contribution >= 0.6 is 0 Å². The normalized spacial score (nSPS) is 19.6. The molecule has 1 aliphatic rings. The minimum atomic E-state index is -2.01. The molecule has 1 saturated heterocycles. The highest BCUT2D eigenvalue weighted by Crippen LogP contribution is 2.38. The van der Waals surface area contributed by atoms with E-state index < -0.39 is 77.3 Å². The number of fused-ring (bicyclic) bond motifs is 1. The third-order valence-electron chi connectivity index (χ3n) is 8.49. The molecule has 0 unspecified atom stereocenters. The number of aromatic hydroxyl groups is 5. The number of benzene rings is 4. The number of phenols is 5. The Balaban J connectivity index is 1.31. The third kappa shape index (κ3) is 8.68. The van der Waals surface area contributed by atoms with Gasteiger partial charge in [-0.2, -0.15) is 0 Å². The Kier molecular flexibility index (Phi) is 11.4. The molecule has 0 aliphatic carbocycles. The minimum Gasteiger partial charge on any atom is -0.508 e. The van der Waals surface area contributed by atoms with E-state index in [1.807, 2.05) is 0 Å². The van der Waals surface area contributed by atoms with Crippen LogP contribution in [0.2, 0.25) is 0 Å². The largest absolute Gasteiger partial charge is 0.508 e. The van der Waals surface area contributed by atoms with Crippen molar-refractivity contribution >= 4 is 35.1 Å². The van der Waals surface area contributed by atoms with Crippen molar-refractivity contribution in [3.05, 3.63) is 112 Å². The lowest BCUT2D eigenvalue weighted by Gasteiger charge is -2.41. The SMILES string of the molecule is COc1cc(/C=C/C(=O)OC[C@H]2O[C@@H](Oc3c(-c4ccc(O)cc4)oc4cc(O)cc(O)c4c3=O)[C@H](O)[C@@H](OC(=O)/C=C\c3ccc(O)cc3)[C@@H]2O)ccc1O. The molecule has 1 aromatic heterocycles. The first-order valence-corrected chi connectivity index (χ1v) is 16.7. The summed E-state index contributed by atoms with van der Waals surface area (Å²) in [5.74, 6) is -4.07. The van der Waals surface area contributed by atoms with Crippen molar-refractivity contribution in [1.29, 1.82) is 0 Å². The average Bonchev–Trinajstić information content (AvgIpc) is 3.17. The van der Waals surface area contributed by atoms with Crippen molar-refractivity contribution in [2.45, 2.75) is 30.7 Å². The standard InChI is InChI=1S/C40H34O16/c1-51-28-16-21(4-13-26(28)44)6-14-31(46)52-19-30-34(48)38(55-32(47)15-5-20-2-9-23(41)10-3-20)36(50)40(54-30)56-39-35(49)33-27(45)17-25(43)18-29(33)53-37(39)22-7-11-24(42)12-8-22/h2-18,30,34,36,38,40-45,48,50H,19H2,1H3/b14-6+,15-5-/t30-,34-,36-,38+,40+/m1/s1. The van der Waals surface area contributed by atoms with Gasteiger partial charge in [-0.25, -0.2) is 9.59 Å². The Bertz CT molecular complexity index is 2350. The van der Waals surface area contributed by atoms with E-state index >= 15 is 0 Å². The smallest absolute Gasteiger partial charge is 0.331 e. The molecule has 7 N–H and O–H groups in total. The summed E-state index contributed by atoms with van der Waals surface area (Å²) in [5.41, 5.74) is -0.110. The second kappa shape index (κ2) is 16.6. The number of hydrogen-bond acceptors (Lipinski definition) is 16. The topological polar surface area (TPSA) is 252 Å². The van der Waals surface area contributed by atoms with Crippen LogP contribution < -0.4 is 14.9 Å². The number of ether oxygens (including phenoxy) is 5. The molecule has 0 amide bonds. The molecule has 1 aliphatic heterocycles. The van der Waals surface area contributed by atoms with Gasteiger partial charge >= 0.3 is 11.9 Å². The Labute approximate surface area is 316 Å². The van der Waals surface area contributed by atoms with Crippen molar-refractivity contribution in [1.82, 2.24) is 0 Å². The number of rotatable bonds is 11. The van der Waals surface area contributed by atoms with Crippen LogP contribution in [0.5, 0.6) is 40.2 Å². The first-order valence-electron chi connectivity index (χ1n) is 16.7. The Hall–Kier alpha value is -7.01. The first kappa shape index (κ1) is 38.7. The van der Waals surface area contributed by atoms with Crippen LogP contribution in [-0.2, 0) is 23.8 Å². The lowest BCUT2D eigenvalue weighted by molar-refractivity contribution is -0.281. The molecule has 0 bridgehead atoms. The lowest BCUT2D eigenvalue weighted by atomic mass is 9.98. The number of aliphatic hydroxyl groups excluding tert-OH is 2. The molecule has 5 atom stereocenters. The van der Waals surface area contributed by atoms with Gasteiger partial charge in [-0.3, -0.25) is 4.79 Å². The summed E-state index contributed by atoms with van der Waals surface area (Å²) in [7, 11) is 1.35. The van der Waals surface area contributed by atoms with Gasteiger partial charge in [0.15, 0.2) is 29.5 Å². The molecular formula is C40H34O16. The molecule has 0 spiro atoms. The van der Waals surface area contributed by atoms with Crippen LogP contribution in [0.1, 0.15) is 11.1 Å². The van der Waals surface area contributed by atoms with Crippen molar-refractivity contribution in [2.75, 3.05) is 13.7 Å². The molecular weight excluding hydrogens is 736 g/mol. The predicted octanol–water partition coefficient (Wildman–Crippen LogP) is 3.70. The van der Waals surface area contributed by atoms with Crippen LogP contribution in [0.4, 0.5) is 0 Å². The average molecular weight is 771 g/mol. The summed E-state index contributed by atoms with van der Waals surface area (Å²) in [4.78, 5) is 39.7. The summed E-state index contributed by atoms with van der Waals surface area (Å²) in [5, 5.41) is 72.2. The van der Waals surface area contributed by atoms with E-state index in [4.69, 9.17) is 28.1 Å². The van der Waals surface area contributed by atoms with Gasteiger partial charge in [0.05, 0.1) is 7.11 Å². The second-order valence-corrected chi connectivity index (χ2v) is 12.3. The van der Waals surface area contributed by atoms with Crippen LogP contribution in [0.25, 0.3) is 34.4 Å². The maximum atomic E-state index is 13.9. The number of hydrogen-bond donors (Lipinski definition) is 7. The van der Waals surface area contributed by atoms with E-state index in [1.54, 1.807) is 0 Å². The number of esters is 2. The van der Waals surface area contributed by atoms with E-state index in [2.05, 4.69) is 0 Å². The van der Waals surface area contributed by atoms with Crippen LogP contribution in [0.15, 0.2) is 100 Å². The van der Waals surface area contributed by atoms with E-state index in [0.717, 1.165) is 24.3 Å². The molecule has 16 heteroatoms. The summed E-state index contributed by atoms with van der Waals surface area (Å²) in [6, 6.07) is 17.4. The van der Waals surface area contributed by atoms with E-state index in [-0.39, 0.29) is 39.9 Å². The van der Waals surface area contributed by atoms with Gasteiger partial charge in [0, 0.05) is 29.8 Å². The molecule has 5 aromatic rings. The lowest BCUT2D eigenvalue weighted by Crippen LogP contribution is -2.61. The summed E-state index contributed by atoms with van der Waals surface area (Å²) < 4.78 is 33.5. The maximum absolute atomic E-state index is 13.9. The summed E-state index contributed by atoms with van der Waals surface area (Å²) in [6.45, 7) is -0.690. The Morgan fingerprint density at radius 2 is 1.39 bits per heavy atom. The molecule has 2 heterocycles. The highest BCUT2D eigenvalue weighted by atomic mass is 16.7. The molecule has 4 aromatic carbocycles. The Morgan fingerprint density at radius 1 is 0.750 bits per heavy atom. The zero-order valence-electron chi connectivity index (χ0n) is 29.2. The fourth-order valence-electron chi connectivity index (χ4n) is 5.67. The Morgan fingerprint density at radius 3 is 2.09 bits per heavy atom. The fourth-order valence-corrected chi connectivity index (χ4v) is 5.67. The van der Waals surface area contributed by atoms with Crippen molar-refractivity contribution in [3.63, 3.8) is 0 Å². The van der Waals surface area contributed by atoms with Crippen molar-refractivity contribution in [2.24, 2.45) is 0 Å². The fraction of sp³-hybridized carbons (Fsp3) is 0.175. The zero-order valence-corrected chi connectivity index (χ0v) is 29.2. The third-order valence-corrected chi connectivity index (χ3v) is 8.49. The summed E-state index contributed by atoms with van der Waals surface area (Å²) >= 11 is 0. The number of carbonyl (C=O) groups excluding carboxylic acids is 2. The van der Waals surface area contributed by atoms with Gasteiger partial charge in [0.25, 0.3) is 0 Å². The van der Waals surface area contributed by atoms with Gasteiger partial charge in [-0.05, 0) is 71.8 Å². The monoisotopic (exact) mass is 770 g/mol. The highest BCUT2D eigenvalue weighted by molar-refractivity contribution is 5.89. The minimum absolute atomic E-state index is 0.00517. The van der Waals surface area contributed by atoms with Gasteiger partial charge in [0.2, 0.25) is 17.5 Å². The van der Waals surface area contributed by atoms with Crippen molar-refractivity contribution in [3.8, 4) is 51.6 Å². The quantitative estimate of drug-likeness (QED) is 0.0747. The van der Waals surface area contributed by atoms with E-state index in [1.165, 1.54) is 86.0 Å². The van der Waals surface area contributed by atoms with Crippen LogP contribution in [-0.4, -0.2) is 92.1 Å². The zero-order chi connectivity index (χ0) is 40.1. The molecule has 1 fully saturated rings. The van der Waals surface area contributed by atoms with Gasteiger partial charge in [-0.15, -0.1) is 0 Å². The molecule has 0 radical (unpaired) electrons. The van der Waals surface area contributed by atoms with E-state index in [0.29, 0.717) is 11.1 Å². The molecule has 0 saturated carbocycles. The summed E-state index contributed by atoms with van der Waals surface area (Å²) in [6.07, 6.45) is -4.41. The van der Waals surface area contributed by atoms with Crippen LogP contribution in [0, 0.1) is 0 Å². The molecule has 6 rings (SSSR count). The van der Waals surface area contributed by atoms with Crippen molar-refractivity contribution < 1.29 is 73.4 Å². The maximum Gasteiger partial charge on any atom is 0.331 e. The number of carbonyl (C=O) groups is 2. The molecule has 56 heavy (non-hydrogen) atoms. The van der Waals surface area contributed by atoms with Gasteiger partial charge < -0.3 is 63.8 Å². The molecule has 16 nitrogen and oxygen atoms in total. The van der Waals surface area contributed by atoms with Gasteiger partial charge in [-0.1, -0.05) is 18.2 Å². The predicted molar refractivity (Wildman–Crippen MR) is 196 cm³/mol. The number of methoxy groups -OCH3 is 1. The van der Waals surface area contributed by atoms with Gasteiger partial charge in [0.1, 0.15) is 52.8 Å². The number of phenolic OH excluding ortho intramolecular Hbond substituents is 5. The molecule has 290 valence electrons. The highest BCUT2D eigenvalue weighted by Gasteiger charge is 2.49. The number of aliphatic hydroxyl groups is 2. The first-order chi connectivity index (χ1) is 26.8. The van der Waals surface area contributed by atoms with Crippen LogP contribution in [0.3, 0.4) is 0 Å². The second-order valence-electron chi connectivity index (χ2n) is 12.3. The van der Waals surface area contributed by atoms with E-state index in [9.17, 15) is 50.1 Å².